The van der Waals surface area contributed by atoms with Crippen LogP contribution in [0.15, 0.2) is 73.1 Å². The normalized spacial score (nSPS) is 10.3. The Balaban J connectivity index is 1.69. The number of amides is 1. The molecule has 0 aliphatic rings. The van der Waals surface area contributed by atoms with Gasteiger partial charge in [-0.25, -0.2) is 0 Å². The van der Waals surface area contributed by atoms with Crippen molar-refractivity contribution in [2.24, 2.45) is 0 Å². The van der Waals surface area contributed by atoms with Crippen molar-refractivity contribution >= 4 is 11.6 Å². The molecule has 1 heterocycles. The number of anilines is 1. The molecule has 23 heavy (non-hydrogen) atoms. The molecule has 4 heteroatoms. The Morgan fingerprint density at radius 1 is 1.04 bits per heavy atom. The van der Waals surface area contributed by atoms with Crippen LogP contribution in [0.4, 0.5) is 5.69 Å². The van der Waals surface area contributed by atoms with E-state index < -0.39 is 0 Å². The van der Waals surface area contributed by atoms with Crippen LogP contribution in [0.1, 0.15) is 5.56 Å². The third-order valence-corrected chi connectivity index (χ3v) is 3.53. The van der Waals surface area contributed by atoms with Gasteiger partial charge in [0, 0.05) is 23.8 Å². The molecule has 0 aliphatic heterocycles. The molecule has 0 saturated heterocycles. The minimum atomic E-state index is -0.0529. The van der Waals surface area contributed by atoms with Gasteiger partial charge in [0.05, 0.1) is 13.5 Å². The minimum absolute atomic E-state index is 0.0529. The molecule has 0 radical (unpaired) electrons. The van der Waals surface area contributed by atoms with Gasteiger partial charge in [0.25, 0.3) is 0 Å². The van der Waals surface area contributed by atoms with Crippen molar-refractivity contribution in [1.82, 2.24) is 4.57 Å². The topological polar surface area (TPSA) is 43.3 Å². The second-order valence-electron chi connectivity index (χ2n) is 5.22. The van der Waals surface area contributed by atoms with E-state index in [1.54, 1.807) is 7.11 Å². The first-order valence-corrected chi connectivity index (χ1v) is 7.41. The summed E-state index contributed by atoms with van der Waals surface area (Å²) in [5, 5.41) is 2.94. The number of carbonyl (C=O) groups is 1. The van der Waals surface area contributed by atoms with Gasteiger partial charge in [-0.1, -0.05) is 18.2 Å². The van der Waals surface area contributed by atoms with Crippen LogP contribution >= 0.6 is 0 Å². The van der Waals surface area contributed by atoms with Crippen LogP contribution in [0.2, 0.25) is 0 Å². The number of nitrogens with zero attached hydrogens (tertiary/aromatic N) is 1. The summed E-state index contributed by atoms with van der Waals surface area (Å²) in [6.07, 6.45) is 4.25. The van der Waals surface area contributed by atoms with E-state index in [2.05, 4.69) is 5.32 Å². The van der Waals surface area contributed by atoms with Gasteiger partial charge >= 0.3 is 0 Å². The zero-order chi connectivity index (χ0) is 16.1. The lowest BCUT2D eigenvalue weighted by molar-refractivity contribution is -0.115. The highest BCUT2D eigenvalue weighted by Gasteiger charge is 2.06. The summed E-state index contributed by atoms with van der Waals surface area (Å²) in [4.78, 5) is 12.2. The number of rotatable bonds is 5. The molecule has 0 aliphatic carbocycles. The molecular weight excluding hydrogens is 288 g/mol. The second kappa shape index (κ2) is 6.83. The molecular formula is C19H18N2O2. The van der Waals surface area contributed by atoms with Crippen molar-refractivity contribution in [3.05, 3.63) is 78.6 Å². The van der Waals surface area contributed by atoms with Crippen LogP contribution in [0, 0.1) is 0 Å². The fraction of sp³-hybridized carbons (Fsp3) is 0.105. The van der Waals surface area contributed by atoms with E-state index in [4.69, 9.17) is 4.74 Å². The molecule has 0 bridgehead atoms. The molecule has 1 aromatic heterocycles. The fourth-order valence-corrected chi connectivity index (χ4v) is 2.42. The number of aromatic nitrogens is 1. The van der Waals surface area contributed by atoms with Crippen molar-refractivity contribution in [3.63, 3.8) is 0 Å². The van der Waals surface area contributed by atoms with E-state index in [1.807, 2.05) is 77.6 Å². The molecule has 0 atom stereocenters. The summed E-state index contributed by atoms with van der Waals surface area (Å²) in [7, 11) is 1.62. The number of hydrogen-bond acceptors (Lipinski definition) is 2. The van der Waals surface area contributed by atoms with E-state index in [0.29, 0.717) is 6.42 Å². The quantitative estimate of drug-likeness (QED) is 0.781. The number of hydrogen-bond donors (Lipinski definition) is 1. The third kappa shape index (κ3) is 3.80. The van der Waals surface area contributed by atoms with E-state index >= 15 is 0 Å². The first kappa shape index (κ1) is 14.9. The van der Waals surface area contributed by atoms with Crippen molar-refractivity contribution in [2.75, 3.05) is 12.4 Å². The summed E-state index contributed by atoms with van der Waals surface area (Å²) in [6.45, 7) is 0. The lowest BCUT2D eigenvalue weighted by Crippen LogP contribution is -2.14. The van der Waals surface area contributed by atoms with Gasteiger partial charge in [-0.05, 0) is 48.0 Å². The summed E-state index contributed by atoms with van der Waals surface area (Å²) in [5.41, 5.74) is 2.71. The Hall–Kier alpha value is -3.01. The number of nitrogens with one attached hydrogen (secondary N) is 1. The maximum absolute atomic E-state index is 12.2. The summed E-state index contributed by atoms with van der Waals surface area (Å²) < 4.78 is 7.18. The zero-order valence-corrected chi connectivity index (χ0v) is 12.9. The highest BCUT2D eigenvalue weighted by atomic mass is 16.5. The van der Waals surface area contributed by atoms with E-state index in [0.717, 1.165) is 22.7 Å². The van der Waals surface area contributed by atoms with Crippen LogP contribution in [0.5, 0.6) is 5.75 Å². The third-order valence-electron chi connectivity index (χ3n) is 3.53. The van der Waals surface area contributed by atoms with Crippen molar-refractivity contribution < 1.29 is 9.53 Å². The fourth-order valence-electron chi connectivity index (χ4n) is 2.42. The van der Waals surface area contributed by atoms with E-state index in [-0.39, 0.29) is 5.91 Å². The maximum atomic E-state index is 12.2. The van der Waals surface area contributed by atoms with Crippen LogP contribution in [0.3, 0.4) is 0 Å². The standard InChI is InChI=1S/C19H18N2O2/c1-23-18-9-4-6-15(12-18)13-19(22)20-16-7-5-8-17(14-16)21-10-2-3-11-21/h2-12,14H,13H2,1H3,(H,20,22). The summed E-state index contributed by atoms with van der Waals surface area (Å²) in [5.74, 6) is 0.702. The van der Waals surface area contributed by atoms with Gasteiger partial charge < -0.3 is 14.6 Å². The highest BCUT2D eigenvalue weighted by Crippen LogP contribution is 2.16. The molecule has 2 aromatic carbocycles. The lowest BCUT2D eigenvalue weighted by Gasteiger charge is -2.09. The summed E-state index contributed by atoms with van der Waals surface area (Å²) >= 11 is 0. The predicted molar refractivity (Wildman–Crippen MR) is 91.1 cm³/mol. The van der Waals surface area contributed by atoms with Crippen molar-refractivity contribution in [3.8, 4) is 11.4 Å². The maximum Gasteiger partial charge on any atom is 0.228 e. The second-order valence-corrected chi connectivity index (χ2v) is 5.22. The number of methoxy groups -OCH3 is 1. The predicted octanol–water partition coefficient (Wildman–Crippen LogP) is 3.67. The average molecular weight is 306 g/mol. The van der Waals surface area contributed by atoms with Gasteiger partial charge in [-0.3, -0.25) is 4.79 Å². The van der Waals surface area contributed by atoms with E-state index in [1.165, 1.54) is 0 Å². The van der Waals surface area contributed by atoms with Gasteiger partial charge in [-0.2, -0.15) is 0 Å². The minimum Gasteiger partial charge on any atom is -0.497 e. The smallest absolute Gasteiger partial charge is 0.228 e. The summed E-state index contributed by atoms with van der Waals surface area (Å²) in [6, 6.07) is 19.2. The molecule has 3 rings (SSSR count). The Bertz CT molecular complexity index is 795. The Morgan fingerprint density at radius 2 is 1.83 bits per heavy atom. The van der Waals surface area contributed by atoms with Crippen molar-refractivity contribution in [1.29, 1.82) is 0 Å². The highest BCUT2D eigenvalue weighted by molar-refractivity contribution is 5.92. The van der Waals surface area contributed by atoms with Gasteiger partial charge in [0.1, 0.15) is 5.75 Å². The zero-order valence-electron chi connectivity index (χ0n) is 12.9. The molecule has 0 spiro atoms. The molecule has 4 nitrogen and oxygen atoms in total. The van der Waals surface area contributed by atoms with Crippen LogP contribution in [-0.4, -0.2) is 17.6 Å². The Labute approximate surface area is 135 Å². The average Bonchev–Trinajstić information content (AvgIpc) is 3.09. The van der Waals surface area contributed by atoms with Gasteiger partial charge in [-0.15, -0.1) is 0 Å². The van der Waals surface area contributed by atoms with Crippen LogP contribution in [0.25, 0.3) is 5.69 Å². The SMILES string of the molecule is COc1cccc(CC(=O)Nc2cccc(-n3cccc3)c2)c1. The molecule has 1 amide bonds. The van der Waals surface area contributed by atoms with Gasteiger partial charge in [0.2, 0.25) is 5.91 Å². The number of carbonyl (C=O) groups excluding carboxylic acids is 1. The first-order chi connectivity index (χ1) is 11.2. The molecule has 1 N–H and O–H groups in total. The van der Waals surface area contributed by atoms with Gasteiger partial charge in [0.15, 0.2) is 0 Å². The van der Waals surface area contributed by atoms with E-state index in [9.17, 15) is 4.79 Å². The molecule has 0 fully saturated rings. The molecule has 116 valence electrons. The lowest BCUT2D eigenvalue weighted by atomic mass is 10.1. The number of benzene rings is 2. The van der Waals surface area contributed by atoms with Crippen molar-refractivity contribution in [2.45, 2.75) is 6.42 Å². The monoisotopic (exact) mass is 306 g/mol. The van der Waals surface area contributed by atoms with Crippen LogP contribution < -0.4 is 10.1 Å². The first-order valence-electron chi connectivity index (χ1n) is 7.41. The largest absolute Gasteiger partial charge is 0.497 e. The van der Waals surface area contributed by atoms with Crippen LogP contribution in [-0.2, 0) is 11.2 Å². The molecule has 3 aromatic rings. The Morgan fingerprint density at radius 3 is 2.61 bits per heavy atom. The molecule has 0 unspecified atom stereocenters. The number of ether oxygens (including phenoxy) is 1. The molecule has 0 saturated carbocycles. The Kier molecular flexibility index (Phi) is 4.43.